The fourth-order valence-electron chi connectivity index (χ4n) is 0.167. The van der Waals surface area contributed by atoms with Gasteiger partial charge >= 0.3 is 50.0 Å². The molecular weight excluding hydrogens is 179 g/mol. The molecule has 0 aliphatic rings. The maximum atomic E-state index is 2.00. The van der Waals surface area contributed by atoms with Crippen molar-refractivity contribution < 1.29 is 45.2 Å². The molecule has 0 saturated carbocycles. The summed E-state index contributed by atoms with van der Waals surface area (Å²) < 4.78 is 2.00. The zero-order valence-electron chi connectivity index (χ0n) is 4.57. The Balaban J connectivity index is -0.000000125. The van der Waals surface area contributed by atoms with Crippen molar-refractivity contribution in [3.8, 4) is 0 Å². The third-order valence-corrected chi connectivity index (χ3v) is 0.700. The van der Waals surface area contributed by atoms with E-state index in [-0.39, 0.29) is 24.8 Å². The summed E-state index contributed by atoms with van der Waals surface area (Å²) in [5.41, 5.74) is 0. The maximum Gasteiger partial charge on any atom is -1.00 e. The number of rotatable bonds is 1. The molecule has 0 rings (SSSR count). The van der Waals surface area contributed by atoms with E-state index in [2.05, 4.69) is 0 Å². The van der Waals surface area contributed by atoms with Crippen LogP contribution in [0, 0.1) is 0 Å². The molecule has 3 heteroatoms. The Morgan fingerprint density at radius 3 is 1.75 bits per heavy atom. The molecule has 0 aliphatic carbocycles. The molecule has 0 bridgehead atoms. The van der Waals surface area contributed by atoms with Crippen molar-refractivity contribution in [1.82, 2.24) is 0 Å². The second-order valence-electron chi connectivity index (χ2n) is 0.885. The Morgan fingerprint density at radius 1 is 1.12 bits per heavy atom. The Bertz CT molecular complexity index is 58.8. The van der Waals surface area contributed by atoms with Crippen molar-refractivity contribution in [2.24, 2.45) is 0 Å². The first-order chi connectivity index (χ1) is 2.91. The standard InChI is InChI=1S/C5H7.2ClH.Ti/c1-3-5-4-2;;;/h1,3-5H,2H3;2*1H;/q;;;+2/p-2/b3-1?,5-4+;;;. The van der Waals surface area contributed by atoms with E-state index in [1.165, 1.54) is 0 Å². The van der Waals surface area contributed by atoms with Crippen molar-refractivity contribution >= 4 is 0 Å². The molecule has 0 aromatic heterocycles. The van der Waals surface area contributed by atoms with Crippen LogP contribution >= 0.6 is 0 Å². The predicted molar refractivity (Wildman–Crippen MR) is 24.0 cm³/mol. The number of hydrogen-bond acceptors (Lipinski definition) is 0. The summed E-state index contributed by atoms with van der Waals surface area (Å²) in [5.74, 6) is 0. The van der Waals surface area contributed by atoms with Crippen molar-refractivity contribution in [2.45, 2.75) is 6.92 Å². The molecule has 0 aromatic carbocycles. The monoisotopic (exact) mass is 185 g/mol. The minimum Gasteiger partial charge on any atom is -1.00 e. The summed E-state index contributed by atoms with van der Waals surface area (Å²) in [4.78, 5) is 0. The van der Waals surface area contributed by atoms with E-state index in [0.717, 1.165) is 0 Å². The van der Waals surface area contributed by atoms with E-state index in [9.17, 15) is 0 Å². The first-order valence-corrected chi connectivity index (χ1v) is 2.77. The summed E-state index contributed by atoms with van der Waals surface area (Å²) in [6.45, 7) is 2.00. The molecule has 8 heavy (non-hydrogen) atoms. The minimum absolute atomic E-state index is 0. The second-order valence-corrected chi connectivity index (χ2v) is 1.41. The summed E-state index contributed by atoms with van der Waals surface area (Å²) >= 11 is 2.00. The molecule has 0 heterocycles. The third kappa shape index (κ3) is 15.9. The van der Waals surface area contributed by atoms with Crippen LogP contribution < -0.4 is 24.8 Å². The maximum absolute atomic E-state index is 2.00. The fraction of sp³-hybridized carbons (Fsp3) is 0.200. The van der Waals surface area contributed by atoms with Crippen molar-refractivity contribution in [3.05, 3.63) is 22.6 Å². The van der Waals surface area contributed by atoms with Gasteiger partial charge in [-0.1, -0.05) is 0 Å². The average Bonchev–Trinajstić information content (AvgIpc) is 1.61. The normalized spacial score (nSPS) is 8.88. The summed E-state index contributed by atoms with van der Waals surface area (Å²) in [7, 11) is 0. The van der Waals surface area contributed by atoms with Gasteiger partial charge in [-0.25, -0.2) is 0 Å². The van der Waals surface area contributed by atoms with Gasteiger partial charge in [-0.05, 0) is 0 Å². The van der Waals surface area contributed by atoms with Crippen molar-refractivity contribution in [2.75, 3.05) is 0 Å². The van der Waals surface area contributed by atoms with Gasteiger partial charge in [0.1, 0.15) is 0 Å². The van der Waals surface area contributed by atoms with Crippen LogP contribution in [-0.2, 0) is 20.4 Å². The molecule has 0 amide bonds. The largest absolute Gasteiger partial charge is 1.00 e. The summed E-state index contributed by atoms with van der Waals surface area (Å²) in [5, 5.41) is 0. The van der Waals surface area contributed by atoms with Crippen molar-refractivity contribution in [3.63, 3.8) is 0 Å². The van der Waals surface area contributed by atoms with Crippen LogP contribution in [0.25, 0.3) is 0 Å². The smallest absolute Gasteiger partial charge is 1.00 e. The molecule has 0 fully saturated rings. The van der Waals surface area contributed by atoms with Crippen LogP contribution in [0.2, 0.25) is 0 Å². The molecule has 0 aliphatic heterocycles. The van der Waals surface area contributed by atoms with Gasteiger partial charge in [0.05, 0.1) is 0 Å². The summed E-state index contributed by atoms with van der Waals surface area (Å²) in [6, 6.07) is 0. The van der Waals surface area contributed by atoms with Crippen LogP contribution in [0.4, 0.5) is 0 Å². The number of hydrogen-bond donors (Lipinski definition) is 0. The van der Waals surface area contributed by atoms with Crippen LogP contribution in [0.5, 0.6) is 0 Å². The Hall–Kier alpha value is 0.774. The Kier molecular flexibility index (Phi) is 31.1. The van der Waals surface area contributed by atoms with Crippen LogP contribution in [0.1, 0.15) is 6.92 Å². The molecule has 0 spiro atoms. The first-order valence-electron chi connectivity index (χ1n) is 1.87. The Labute approximate surface area is 74.7 Å². The zero-order valence-corrected chi connectivity index (χ0v) is 7.64. The fourth-order valence-corrected chi connectivity index (χ4v) is 0.340. The SMILES string of the molecule is C/C=C/C=[CH]/[Ti+2].[Cl-].[Cl-]. The molecule has 0 radical (unpaired) electrons. The van der Waals surface area contributed by atoms with Gasteiger partial charge in [-0.15, -0.1) is 0 Å². The second kappa shape index (κ2) is 15.7. The van der Waals surface area contributed by atoms with Gasteiger partial charge in [0.2, 0.25) is 0 Å². The minimum atomic E-state index is 0. The van der Waals surface area contributed by atoms with Gasteiger partial charge in [-0.2, -0.15) is 0 Å². The van der Waals surface area contributed by atoms with Gasteiger partial charge in [0.25, 0.3) is 0 Å². The molecule has 0 atom stereocenters. The number of halogens is 2. The topological polar surface area (TPSA) is 0 Å². The van der Waals surface area contributed by atoms with E-state index < -0.39 is 0 Å². The molecule has 0 nitrogen and oxygen atoms in total. The average molecular weight is 186 g/mol. The number of allylic oxidation sites excluding steroid dienone is 3. The van der Waals surface area contributed by atoms with Gasteiger partial charge in [-0.3, -0.25) is 0 Å². The zero-order chi connectivity index (χ0) is 4.83. The van der Waals surface area contributed by atoms with Gasteiger partial charge in [0, 0.05) is 0 Å². The van der Waals surface area contributed by atoms with E-state index in [1.54, 1.807) is 0 Å². The molecule has 0 unspecified atom stereocenters. The van der Waals surface area contributed by atoms with Crippen LogP contribution in [0.3, 0.4) is 0 Å². The van der Waals surface area contributed by atoms with E-state index in [4.69, 9.17) is 0 Å². The van der Waals surface area contributed by atoms with Crippen molar-refractivity contribution in [1.29, 1.82) is 0 Å². The summed E-state index contributed by atoms with van der Waals surface area (Å²) in [6.07, 6.45) is 6.00. The molecule has 0 saturated heterocycles. The van der Waals surface area contributed by atoms with Crippen LogP contribution in [-0.4, -0.2) is 0 Å². The van der Waals surface area contributed by atoms with Gasteiger partial charge < -0.3 is 24.8 Å². The Morgan fingerprint density at radius 2 is 1.62 bits per heavy atom. The van der Waals surface area contributed by atoms with E-state index in [1.807, 2.05) is 50.0 Å². The van der Waals surface area contributed by atoms with E-state index >= 15 is 0 Å². The predicted octanol–water partition coefficient (Wildman–Crippen LogP) is -4.37. The quantitative estimate of drug-likeness (QED) is 0.286. The van der Waals surface area contributed by atoms with E-state index in [0.29, 0.717) is 0 Å². The van der Waals surface area contributed by atoms with Gasteiger partial charge in [0.15, 0.2) is 0 Å². The first kappa shape index (κ1) is 15.9. The van der Waals surface area contributed by atoms with Crippen LogP contribution in [0.15, 0.2) is 22.6 Å². The molecular formula is C5H7Cl2Ti. The molecule has 45 valence electrons. The third-order valence-electron chi connectivity index (χ3n) is 0.400. The molecule has 0 N–H and O–H groups in total. The molecule has 0 aromatic rings.